The summed E-state index contributed by atoms with van der Waals surface area (Å²) >= 11 is 16.4. The van der Waals surface area contributed by atoms with Crippen LogP contribution in [-0.4, -0.2) is 17.9 Å². The SMILES string of the molecule is O=[N+]([O-])c1ccc(S(=O)(=O)O)c(C(Cl)(Cl)Cl)c1. The molecule has 1 rings (SSSR count). The van der Waals surface area contributed by atoms with Crippen molar-refractivity contribution in [1.29, 1.82) is 0 Å². The van der Waals surface area contributed by atoms with E-state index < -0.39 is 35.0 Å². The maximum Gasteiger partial charge on any atom is 0.294 e. The van der Waals surface area contributed by atoms with Crippen LogP contribution in [0.15, 0.2) is 23.1 Å². The van der Waals surface area contributed by atoms with Crippen molar-refractivity contribution in [3.05, 3.63) is 33.9 Å². The van der Waals surface area contributed by atoms with Crippen molar-refractivity contribution >= 4 is 50.6 Å². The van der Waals surface area contributed by atoms with Gasteiger partial charge in [0.2, 0.25) is 3.79 Å². The van der Waals surface area contributed by atoms with Gasteiger partial charge in [-0.05, 0) is 6.07 Å². The van der Waals surface area contributed by atoms with E-state index in [2.05, 4.69) is 0 Å². The van der Waals surface area contributed by atoms with Crippen molar-refractivity contribution in [2.24, 2.45) is 0 Å². The van der Waals surface area contributed by atoms with E-state index in [9.17, 15) is 18.5 Å². The minimum atomic E-state index is -4.64. The third-order valence-electron chi connectivity index (χ3n) is 1.76. The molecule has 10 heteroatoms. The Bertz CT molecular complexity index is 565. The molecule has 94 valence electrons. The van der Waals surface area contributed by atoms with Gasteiger partial charge >= 0.3 is 0 Å². The van der Waals surface area contributed by atoms with Gasteiger partial charge in [0.15, 0.2) is 0 Å². The van der Waals surface area contributed by atoms with Crippen LogP contribution in [-0.2, 0) is 13.9 Å². The Morgan fingerprint density at radius 3 is 2.18 bits per heavy atom. The van der Waals surface area contributed by atoms with Crippen LogP contribution in [0.2, 0.25) is 0 Å². The summed E-state index contributed by atoms with van der Waals surface area (Å²) in [5.41, 5.74) is -0.946. The number of nitrogens with zero attached hydrogens (tertiary/aromatic N) is 1. The lowest BCUT2D eigenvalue weighted by Gasteiger charge is -2.14. The van der Waals surface area contributed by atoms with Gasteiger partial charge in [0, 0.05) is 17.7 Å². The molecule has 6 nitrogen and oxygen atoms in total. The molecule has 0 aliphatic carbocycles. The molecule has 0 saturated carbocycles. The number of non-ortho nitro benzene ring substituents is 1. The molecule has 0 spiro atoms. The van der Waals surface area contributed by atoms with Crippen LogP contribution in [0.25, 0.3) is 0 Å². The summed E-state index contributed by atoms with van der Waals surface area (Å²) in [6, 6.07) is 2.45. The monoisotopic (exact) mass is 319 g/mol. The van der Waals surface area contributed by atoms with E-state index in [-0.39, 0.29) is 0 Å². The van der Waals surface area contributed by atoms with E-state index in [1.807, 2.05) is 0 Å². The third-order valence-corrected chi connectivity index (χ3v) is 3.28. The summed E-state index contributed by atoms with van der Waals surface area (Å²) in [5.74, 6) is 0. The summed E-state index contributed by atoms with van der Waals surface area (Å²) in [7, 11) is -4.64. The Morgan fingerprint density at radius 2 is 1.82 bits per heavy atom. The molecule has 0 heterocycles. The summed E-state index contributed by atoms with van der Waals surface area (Å²) in [4.78, 5) is 9.03. The second-order valence-corrected chi connectivity index (χ2v) is 6.58. The van der Waals surface area contributed by atoms with Crippen molar-refractivity contribution in [1.82, 2.24) is 0 Å². The Morgan fingerprint density at radius 1 is 1.29 bits per heavy atom. The lowest BCUT2D eigenvalue weighted by Crippen LogP contribution is -2.10. The second kappa shape index (κ2) is 4.58. The van der Waals surface area contributed by atoms with E-state index in [0.29, 0.717) is 0 Å². The predicted octanol–water partition coefficient (Wildman–Crippen LogP) is 2.67. The lowest BCUT2D eigenvalue weighted by atomic mass is 10.2. The van der Waals surface area contributed by atoms with E-state index in [4.69, 9.17) is 39.4 Å². The lowest BCUT2D eigenvalue weighted by molar-refractivity contribution is -0.385. The topological polar surface area (TPSA) is 97.5 Å². The molecule has 0 saturated heterocycles. The van der Waals surface area contributed by atoms with Gasteiger partial charge in [-0.1, -0.05) is 34.8 Å². The number of halogens is 3. The van der Waals surface area contributed by atoms with Crippen LogP contribution in [0.3, 0.4) is 0 Å². The molecule has 0 aliphatic heterocycles. The molecule has 0 aromatic heterocycles. The van der Waals surface area contributed by atoms with Gasteiger partial charge in [0.25, 0.3) is 15.8 Å². The van der Waals surface area contributed by atoms with Crippen LogP contribution < -0.4 is 0 Å². The fraction of sp³-hybridized carbons (Fsp3) is 0.143. The Balaban J connectivity index is 3.60. The van der Waals surface area contributed by atoms with Gasteiger partial charge in [0.1, 0.15) is 4.90 Å². The average Bonchev–Trinajstić information content (AvgIpc) is 2.14. The highest BCUT2D eigenvalue weighted by Crippen LogP contribution is 2.42. The first-order chi connectivity index (χ1) is 7.53. The largest absolute Gasteiger partial charge is 0.294 e. The first kappa shape index (κ1) is 14.5. The highest BCUT2D eigenvalue weighted by Gasteiger charge is 2.32. The Kier molecular flexibility index (Phi) is 3.90. The van der Waals surface area contributed by atoms with E-state index in [1.54, 1.807) is 0 Å². The van der Waals surface area contributed by atoms with Crippen LogP contribution in [0, 0.1) is 10.1 Å². The van der Waals surface area contributed by atoms with Gasteiger partial charge < -0.3 is 0 Å². The van der Waals surface area contributed by atoms with Crippen molar-refractivity contribution in [2.75, 3.05) is 0 Å². The van der Waals surface area contributed by atoms with Gasteiger partial charge in [0.05, 0.1) is 4.92 Å². The molecule has 0 radical (unpaired) electrons. The minimum absolute atomic E-state index is 0.460. The highest BCUT2D eigenvalue weighted by atomic mass is 35.6. The average molecular weight is 321 g/mol. The molecule has 0 atom stereocenters. The van der Waals surface area contributed by atoms with Crippen LogP contribution in [0.5, 0.6) is 0 Å². The summed E-state index contributed by atoms with van der Waals surface area (Å²) < 4.78 is 28.7. The molecule has 0 fully saturated rings. The highest BCUT2D eigenvalue weighted by molar-refractivity contribution is 7.85. The summed E-state index contributed by atoms with van der Waals surface area (Å²) in [6.07, 6.45) is 0. The normalized spacial score (nSPS) is 12.5. The van der Waals surface area contributed by atoms with Gasteiger partial charge in [-0.15, -0.1) is 0 Å². The molecule has 0 amide bonds. The molecule has 0 unspecified atom stereocenters. The second-order valence-electron chi connectivity index (χ2n) is 2.91. The van der Waals surface area contributed by atoms with Crippen molar-refractivity contribution in [3.8, 4) is 0 Å². The molecular formula is C7H4Cl3NO5S. The number of nitro benzene ring substituents is 1. The molecule has 0 aliphatic rings. The van der Waals surface area contributed by atoms with E-state index in [1.165, 1.54) is 0 Å². The molecular weight excluding hydrogens is 317 g/mol. The zero-order valence-corrected chi connectivity index (χ0v) is 10.9. The van der Waals surface area contributed by atoms with E-state index >= 15 is 0 Å². The van der Waals surface area contributed by atoms with Crippen molar-refractivity contribution in [3.63, 3.8) is 0 Å². The van der Waals surface area contributed by atoms with Gasteiger partial charge in [-0.3, -0.25) is 14.7 Å². The number of hydrogen-bond acceptors (Lipinski definition) is 4. The Hall–Kier alpha value is -0.600. The first-order valence-corrected chi connectivity index (χ1v) is 6.44. The minimum Gasteiger partial charge on any atom is -0.282 e. The maximum atomic E-state index is 11.0. The van der Waals surface area contributed by atoms with Crippen LogP contribution >= 0.6 is 34.8 Å². The quantitative estimate of drug-likeness (QED) is 0.391. The number of alkyl halides is 3. The van der Waals surface area contributed by atoms with Crippen molar-refractivity contribution in [2.45, 2.75) is 8.69 Å². The van der Waals surface area contributed by atoms with Crippen LogP contribution in [0.4, 0.5) is 5.69 Å². The molecule has 0 bridgehead atoms. The maximum absolute atomic E-state index is 11.0. The number of nitro groups is 1. The first-order valence-electron chi connectivity index (χ1n) is 3.86. The van der Waals surface area contributed by atoms with Crippen molar-refractivity contribution < 1.29 is 17.9 Å². The third kappa shape index (κ3) is 3.43. The number of benzene rings is 1. The van der Waals surface area contributed by atoms with E-state index in [0.717, 1.165) is 18.2 Å². The smallest absolute Gasteiger partial charge is 0.282 e. The number of rotatable bonds is 2. The summed E-state index contributed by atoms with van der Waals surface area (Å²) in [5, 5.41) is 10.5. The fourth-order valence-electron chi connectivity index (χ4n) is 1.08. The zero-order chi connectivity index (χ0) is 13.4. The molecule has 1 N–H and O–H groups in total. The number of hydrogen-bond donors (Lipinski definition) is 1. The standard InChI is InChI=1S/C7H4Cl3NO5S/c8-7(9,10)5-3-4(11(12)13)1-2-6(5)17(14,15)16/h1-3H,(H,14,15,16). The van der Waals surface area contributed by atoms with Crippen LogP contribution in [0.1, 0.15) is 5.56 Å². The zero-order valence-electron chi connectivity index (χ0n) is 7.80. The van der Waals surface area contributed by atoms with Gasteiger partial charge in [-0.2, -0.15) is 8.42 Å². The summed E-state index contributed by atoms with van der Waals surface area (Å²) in [6.45, 7) is 0. The van der Waals surface area contributed by atoms with Gasteiger partial charge in [-0.25, -0.2) is 0 Å². The molecule has 17 heavy (non-hydrogen) atoms. The fourth-order valence-corrected chi connectivity index (χ4v) is 2.45. The predicted molar refractivity (Wildman–Crippen MR) is 62.1 cm³/mol. The molecule has 1 aromatic carbocycles. The molecule has 1 aromatic rings. The Labute approximate surface area is 111 Å².